The van der Waals surface area contributed by atoms with Crippen molar-refractivity contribution in [3.05, 3.63) is 29.6 Å². The van der Waals surface area contributed by atoms with Gasteiger partial charge in [-0.15, -0.1) is 0 Å². The second-order valence-electron chi connectivity index (χ2n) is 4.80. The Morgan fingerprint density at radius 3 is 2.53 bits per heavy atom. The Bertz CT molecular complexity index is 592. The number of hydrogen-bond donors (Lipinski definition) is 1. The van der Waals surface area contributed by atoms with Gasteiger partial charge in [0.2, 0.25) is 10.0 Å². The van der Waals surface area contributed by atoms with Crippen LogP contribution in [0.4, 0.5) is 4.39 Å². The molecule has 0 amide bonds. The Morgan fingerprint density at radius 2 is 1.95 bits per heavy atom. The molecular weight excluding hydrogens is 269 g/mol. The van der Waals surface area contributed by atoms with E-state index in [0.29, 0.717) is 0 Å². The van der Waals surface area contributed by atoms with Crippen LogP contribution in [-0.4, -0.2) is 20.2 Å². The molecule has 0 radical (unpaired) electrons. The van der Waals surface area contributed by atoms with Crippen LogP contribution in [0, 0.1) is 5.82 Å². The molecule has 1 fully saturated rings. The molecule has 1 aliphatic carbocycles. The summed E-state index contributed by atoms with van der Waals surface area (Å²) in [6, 6.07) is 3.26. The van der Waals surface area contributed by atoms with E-state index in [1.165, 1.54) is 13.0 Å². The lowest BCUT2D eigenvalue weighted by Gasteiger charge is -2.13. The van der Waals surface area contributed by atoms with Crippen molar-refractivity contribution >= 4 is 15.8 Å². The Morgan fingerprint density at radius 1 is 1.32 bits per heavy atom. The molecule has 104 valence electrons. The topological polar surface area (TPSA) is 63.2 Å². The van der Waals surface area contributed by atoms with Crippen molar-refractivity contribution in [2.75, 3.05) is 0 Å². The SMILES string of the molecule is CC(=O)c1ccc(F)c(S(=O)(=O)NC2CCCC2)c1. The fourth-order valence-electron chi connectivity index (χ4n) is 2.25. The van der Waals surface area contributed by atoms with Crippen LogP contribution in [0.5, 0.6) is 0 Å². The number of carbonyl (C=O) groups is 1. The molecule has 0 bridgehead atoms. The van der Waals surface area contributed by atoms with Gasteiger partial charge in [-0.05, 0) is 38.0 Å². The third-order valence-corrected chi connectivity index (χ3v) is 4.84. The quantitative estimate of drug-likeness (QED) is 0.863. The molecular formula is C13H16FNO3S. The molecule has 0 aliphatic heterocycles. The van der Waals surface area contributed by atoms with E-state index in [1.807, 2.05) is 0 Å². The number of ketones is 1. The van der Waals surface area contributed by atoms with E-state index in [0.717, 1.165) is 37.8 Å². The summed E-state index contributed by atoms with van der Waals surface area (Å²) in [4.78, 5) is 10.8. The van der Waals surface area contributed by atoms with Crippen LogP contribution in [0.2, 0.25) is 0 Å². The lowest BCUT2D eigenvalue weighted by Crippen LogP contribution is -2.33. The van der Waals surface area contributed by atoms with Crippen molar-refractivity contribution in [2.24, 2.45) is 0 Å². The van der Waals surface area contributed by atoms with Gasteiger partial charge in [0.05, 0.1) is 0 Å². The smallest absolute Gasteiger partial charge is 0.243 e. The normalized spacial score (nSPS) is 16.7. The lowest BCUT2D eigenvalue weighted by molar-refractivity contribution is 0.101. The van der Waals surface area contributed by atoms with Crippen LogP contribution in [-0.2, 0) is 10.0 Å². The van der Waals surface area contributed by atoms with Crippen LogP contribution in [0.25, 0.3) is 0 Å². The van der Waals surface area contributed by atoms with Gasteiger partial charge in [0.25, 0.3) is 0 Å². The van der Waals surface area contributed by atoms with E-state index in [4.69, 9.17) is 0 Å². The lowest BCUT2D eigenvalue weighted by atomic mass is 10.1. The maximum Gasteiger partial charge on any atom is 0.243 e. The van der Waals surface area contributed by atoms with Crippen molar-refractivity contribution in [2.45, 2.75) is 43.5 Å². The molecule has 0 aromatic heterocycles. The van der Waals surface area contributed by atoms with Crippen LogP contribution in [0.3, 0.4) is 0 Å². The Labute approximate surface area is 112 Å². The Kier molecular flexibility index (Phi) is 4.01. The van der Waals surface area contributed by atoms with Crippen molar-refractivity contribution in [1.29, 1.82) is 0 Å². The molecule has 1 aromatic rings. The molecule has 1 aromatic carbocycles. The zero-order valence-electron chi connectivity index (χ0n) is 10.6. The number of carbonyl (C=O) groups excluding carboxylic acids is 1. The standard InChI is InChI=1S/C13H16FNO3S/c1-9(16)10-6-7-12(14)13(8-10)19(17,18)15-11-4-2-3-5-11/h6-8,11,15H,2-5H2,1H3. The largest absolute Gasteiger partial charge is 0.295 e. The first kappa shape index (κ1) is 14.1. The first-order chi connectivity index (χ1) is 8.90. The van der Waals surface area contributed by atoms with Crippen molar-refractivity contribution in [3.63, 3.8) is 0 Å². The molecule has 1 saturated carbocycles. The molecule has 19 heavy (non-hydrogen) atoms. The highest BCUT2D eigenvalue weighted by Gasteiger charge is 2.25. The third-order valence-electron chi connectivity index (χ3n) is 3.30. The van der Waals surface area contributed by atoms with E-state index in [9.17, 15) is 17.6 Å². The molecule has 0 saturated heterocycles. The van der Waals surface area contributed by atoms with Crippen LogP contribution >= 0.6 is 0 Å². The summed E-state index contributed by atoms with van der Waals surface area (Å²) in [6.45, 7) is 1.31. The molecule has 1 aliphatic rings. The van der Waals surface area contributed by atoms with Gasteiger partial charge in [0.15, 0.2) is 5.78 Å². The molecule has 2 rings (SSSR count). The second kappa shape index (κ2) is 5.38. The van der Waals surface area contributed by atoms with Gasteiger partial charge in [0.1, 0.15) is 10.7 Å². The van der Waals surface area contributed by atoms with E-state index in [2.05, 4.69) is 4.72 Å². The minimum absolute atomic E-state index is 0.134. The van der Waals surface area contributed by atoms with Gasteiger partial charge in [-0.3, -0.25) is 4.79 Å². The zero-order valence-corrected chi connectivity index (χ0v) is 11.5. The van der Waals surface area contributed by atoms with Gasteiger partial charge >= 0.3 is 0 Å². The minimum atomic E-state index is -3.91. The molecule has 0 atom stereocenters. The van der Waals surface area contributed by atoms with E-state index in [1.54, 1.807) is 0 Å². The number of benzene rings is 1. The van der Waals surface area contributed by atoms with E-state index >= 15 is 0 Å². The third kappa shape index (κ3) is 3.19. The summed E-state index contributed by atoms with van der Waals surface area (Å²) in [5, 5.41) is 0. The first-order valence-corrected chi connectivity index (χ1v) is 7.71. The van der Waals surface area contributed by atoms with Gasteiger partial charge < -0.3 is 0 Å². The van der Waals surface area contributed by atoms with Crippen molar-refractivity contribution in [1.82, 2.24) is 4.72 Å². The zero-order chi connectivity index (χ0) is 14.0. The number of nitrogens with one attached hydrogen (secondary N) is 1. The summed E-state index contributed by atoms with van der Waals surface area (Å²) in [6.07, 6.45) is 3.49. The van der Waals surface area contributed by atoms with Gasteiger partial charge in [0, 0.05) is 11.6 Å². The Balaban J connectivity index is 2.33. The van der Waals surface area contributed by atoms with Crippen LogP contribution in [0.1, 0.15) is 43.0 Å². The molecule has 4 nitrogen and oxygen atoms in total. The number of rotatable bonds is 4. The van der Waals surface area contributed by atoms with Gasteiger partial charge in [-0.1, -0.05) is 12.8 Å². The number of hydrogen-bond acceptors (Lipinski definition) is 3. The van der Waals surface area contributed by atoms with Gasteiger partial charge in [-0.25, -0.2) is 17.5 Å². The highest BCUT2D eigenvalue weighted by Crippen LogP contribution is 2.22. The summed E-state index contributed by atoms with van der Waals surface area (Å²) in [7, 11) is -3.91. The summed E-state index contributed by atoms with van der Waals surface area (Å²) in [5.74, 6) is -1.13. The number of sulfonamides is 1. The molecule has 0 heterocycles. The van der Waals surface area contributed by atoms with E-state index < -0.39 is 20.7 Å². The highest BCUT2D eigenvalue weighted by molar-refractivity contribution is 7.89. The maximum absolute atomic E-state index is 13.7. The summed E-state index contributed by atoms with van der Waals surface area (Å²) < 4.78 is 40.4. The predicted molar refractivity (Wildman–Crippen MR) is 69.0 cm³/mol. The summed E-state index contributed by atoms with van der Waals surface area (Å²) >= 11 is 0. The predicted octanol–water partition coefficient (Wildman–Crippen LogP) is 2.25. The van der Waals surface area contributed by atoms with Gasteiger partial charge in [-0.2, -0.15) is 0 Å². The second-order valence-corrected chi connectivity index (χ2v) is 6.49. The van der Waals surface area contributed by atoms with E-state index in [-0.39, 0.29) is 17.4 Å². The maximum atomic E-state index is 13.7. The molecule has 0 spiro atoms. The molecule has 0 unspecified atom stereocenters. The van der Waals surface area contributed by atoms with Crippen molar-refractivity contribution < 1.29 is 17.6 Å². The number of halogens is 1. The average Bonchev–Trinajstić information content (AvgIpc) is 2.81. The van der Waals surface area contributed by atoms with Crippen LogP contribution < -0.4 is 4.72 Å². The first-order valence-electron chi connectivity index (χ1n) is 6.23. The van der Waals surface area contributed by atoms with Crippen molar-refractivity contribution in [3.8, 4) is 0 Å². The summed E-state index contributed by atoms with van der Waals surface area (Å²) in [5.41, 5.74) is 0.188. The molecule has 6 heteroatoms. The number of Topliss-reactive ketones (excluding diaryl/α,β-unsaturated/α-hetero) is 1. The Hall–Kier alpha value is -1.27. The minimum Gasteiger partial charge on any atom is -0.295 e. The highest BCUT2D eigenvalue weighted by atomic mass is 32.2. The average molecular weight is 285 g/mol. The fourth-order valence-corrected chi connectivity index (χ4v) is 3.66. The van der Waals surface area contributed by atoms with Crippen LogP contribution in [0.15, 0.2) is 23.1 Å². The molecule has 1 N–H and O–H groups in total. The fraction of sp³-hybridized carbons (Fsp3) is 0.462. The monoisotopic (exact) mass is 285 g/mol.